The van der Waals surface area contributed by atoms with Gasteiger partial charge in [0.1, 0.15) is 0 Å². The summed E-state index contributed by atoms with van der Waals surface area (Å²) in [6, 6.07) is 7.18. The van der Waals surface area contributed by atoms with E-state index < -0.39 is 0 Å². The molecule has 0 spiro atoms. The van der Waals surface area contributed by atoms with Gasteiger partial charge >= 0.3 is 0 Å². The topological polar surface area (TPSA) is 92.3 Å². The molecule has 1 aromatic heterocycles. The van der Waals surface area contributed by atoms with Crippen LogP contribution < -0.4 is 10.2 Å². The first-order valence-corrected chi connectivity index (χ1v) is 12.4. The maximum atomic E-state index is 12.7. The van der Waals surface area contributed by atoms with Crippen molar-refractivity contribution in [3.05, 3.63) is 36.4 Å². The van der Waals surface area contributed by atoms with Gasteiger partial charge in [0.2, 0.25) is 22.9 Å². The molecular formula is C20H20N4O3S3. The summed E-state index contributed by atoms with van der Waals surface area (Å²) in [6.07, 6.45) is 5.21. The van der Waals surface area contributed by atoms with Gasteiger partial charge in [-0.25, -0.2) is 0 Å². The number of allylic oxidation sites excluding steroid dienone is 2. The lowest BCUT2D eigenvalue weighted by molar-refractivity contribution is -0.122. The quantitative estimate of drug-likeness (QED) is 0.290. The zero-order chi connectivity index (χ0) is 21.1. The zero-order valence-corrected chi connectivity index (χ0v) is 18.7. The number of aromatic nitrogens is 2. The van der Waals surface area contributed by atoms with Crippen LogP contribution in [0.5, 0.6) is 0 Å². The number of thioether (sulfide) groups is 2. The zero-order valence-electron chi connectivity index (χ0n) is 16.2. The summed E-state index contributed by atoms with van der Waals surface area (Å²) >= 11 is 4.32. The third-order valence-corrected chi connectivity index (χ3v) is 7.76. The van der Waals surface area contributed by atoms with Gasteiger partial charge in [-0.2, -0.15) is 0 Å². The number of amides is 3. The molecule has 1 aromatic carbocycles. The van der Waals surface area contributed by atoms with Gasteiger partial charge in [-0.1, -0.05) is 42.2 Å². The second-order valence-electron chi connectivity index (χ2n) is 6.80. The minimum atomic E-state index is -0.239. The Kier molecular flexibility index (Phi) is 6.55. The first-order chi connectivity index (χ1) is 14.6. The first kappa shape index (κ1) is 21.1. The molecule has 2 aliphatic rings. The number of anilines is 2. The molecule has 0 bridgehead atoms. The van der Waals surface area contributed by atoms with Crippen LogP contribution in [0, 0.1) is 11.8 Å². The standard InChI is InChI=1S/C20H20N4O3S3/c1-2-28-20-23-22-19(30-20)21-16(25)11-29-13-9-7-12(8-10-13)24-17(26)14-5-3-4-6-15(14)18(24)27/h3-4,7-10,14-15H,2,5-6,11H2,1H3,(H,21,22,25)/t14-,15-/m1/s1. The molecule has 3 amide bonds. The number of carbonyl (C=O) groups is 3. The van der Waals surface area contributed by atoms with Crippen molar-refractivity contribution >= 4 is 63.4 Å². The van der Waals surface area contributed by atoms with E-state index in [4.69, 9.17) is 0 Å². The van der Waals surface area contributed by atoms with Gasteiger partial charge in [0, 0.05) is 4.90 Å². The molecule has 4 rings (SSSR count). The molecule has 1 N–H and O–H groups in total. The van der Waals surface area contributed by atoms with E-state index >= 15 is 0 Å². The number of imide groups is 1. The summed E-state index contributed by atoms with van der Waals surface area (Å²) < 4.78 is 0.831. The Morgan fingerprint density at radius 1 is 1.10 bits per heavy atom. The lowest BCUT2D eigenvalue weighted by Gasteiger charge is -2.15. The molecule has 30 heavy (non-hydrogen) atoms. The van der Waals surface area contributed by atoms with Gasteiger partial charge in [0.15, 0.2) is 4.34 Å². The molecule has 7 nitrogen and oxygen atoms in total. The maximum Gasteiger partial charge on any atom is 0.238 e. The molecule has 2 heterocycles. The predicted octanol–water partition coefficient (Wildman–Crippen LogP) is 3.84. The third-order valence-electron chi connectivity index (χ3n) is 4.89. The minimum absolute atomic E-state index is 0.119. The summed E-state index contributed by atoms with van der Waals surface area (Å²) in [5.41, 5.74) is 0.586. The van der Waals surface area contributed by atoms with Crippen LogP contribution in [0.1, 0.15) is 19.8 Å². The molecule has 1 saturated heterocycles. The van der Waals surface area contributed by atoms with E-state index in [0.29, 0.717) is 23.7 Å². The molecule has 156 valence electrons. The van der Waals surface area contributed by atoms with Crippen LogP contribution in [-0.4, -0.2) is 39.4 Å². The van der Waals surface area contributed by atoms with Crippen molar-refractivity contribution in [3.63, 3.8) is 0 Å². The van der Waals surface area contributed by atoms with Crippen molar-refractivity contribution in [1.29, 1.82) is 0 Å². The van der Waals surface area contributed by atoms with E-state index in [-0.39, 0.29) is 35.3 Å². The van der Waals surface area contributed by atoms with Crippen molar-refractivity contribution in [1.82, 2.24) is 10.2 Å². The summed E-state index contributed by atoms with van der Waals surface area (Å²) in [5.74, 6) is 0.260. The van der Waals surface area contributed by atoms with Crippen LogP contribution >= 0.6 is 34.9 Å². The van der Waals surface area contributed by atoms with Crippen molar-refractivity contribution in [3.8, 4) is 0 Å². The Bertz CT molecular complexity index is 963. The Labute approximate surface area is 186 Å². The maximum absolute atomic E-state index is 12.7. The second-order valence-corrected chi connectivity index (χ2v) is 10.3. The van der Waals surface area contributed by atoms with Gasteiger partial charge in [-0.3, -0.25) is 24.6 Å². The van der Waals surface area contributed by atoms with Crippen LogP contribution in [-0.2, 0) is 14.4 Å². The Hall–Kier alpha value is -2.17. The van der Waals surface area contributed by atoms with Gasteiger partial charge < -0.3 is 0 Å². The number of benzene rings is 1. The van der Waals surface area contributed by atoms with E-state index in [1.165, 1.54) is 28.0 Å². The number of fused-ring (bicyclic) bond motifs is 1. The molecule has 10 heteroatoms. The average Bonchev–Trinajstić information content (AvgIpc) is 3.30. The molecule has 0 unspecified atom stereocenters. The predicted molar refractivity (Wildman–Crippen MR) is 120 cm³/mol. The summed E-state index contributed by atoms with van der Waals surface area (Å²) in [6.45, 7) is 2.03. The Morgan fingerprint density at radius 3 is 2.40 bits per heavy atom. The average molecular weight is 461 g/mol. The number of nitrogens with zero attached hydrogens (tertiary/aromatic N) is 3. The highest BCUT2D eigenvalue weighted by Crippen LogP contribution is 2.38. The molecule has 0 saturated carbocycles. The van der Waals surface area contributed by atoms with E-state index in [2.05, 4.69) is 15.5 Å². The number of hydrogen-bond acceptors (Lipinski definition) is 8. The van der Waals surface area contributed by atoms with Gasteiger partial charge in [-0.05, 0) is 42.9 Å². The van der Waals surface area contributed by atoms with Crippen molar-refractivity contribution in [2.24, 2.45) is 11.8 Å². The first-order valence-electron chi connectivity index (χ1n) is 9.58. The molecule has 1 fully saturated rings. The lowest BCUT2D eigenvalue weighted by atomic mass is 9.85. The fourth-order valence-electron chi connectivity index (χ4n) is 3.49. The SMILES string of the molecule is CCSc1nnc(NC(=O)CSc2ccc(N3C(=O)[C@@H]4CC=CC[C@H]4C3=O)cc2)s1. The molecule has 2 aromatic rings. The van der Waals surface area contributed by atoms with E-state index in [1.807, 2.05) is 31.2 Å². The van der Waals surface area contributed by atoms with Gasteiger partial charge in [0.05, 0.1) is 23.3 Å². The van der Waals surface area contributed by atoms with E-state index in [9.17, 15) is 14.4 Å². The van der Waals surface area contributed by atoms with E-state index in [0.717, 1.165) is 15.0 Å². The smallest absolute Gasteiger partial charge is 0.238 e. The number of carbonyl (C=O) groups excluding carboxylic acids is 3. The normalized spacial score (nSPS) is 20.5. The molecule has 2 atom stereocenters. The highest BCUT2D eigenvalue weighted by Gasteiger charge is 2.47. The van der Waals surface area contributed by atoms with Crippen LogP contribution in [0.25, 0.3) is 0 Å². The summed E-state index contributed by atoms with van der Waals surface area (Å²) in [4.78, 5) is 39.7. The van der Waals surface area contributed by atoms with Crippen LogP contribution in [0.3, 0.4) is 0 Å². The highest BCUT2D eigenvalue weighted by molar-refractivity contribution is 8.01. The fraction of sp³-hybridized carbons (Fsp3) is 0.350. The van der Waals surface area contributed by atoms with Gasteiger partial charge in [-0.15, -0.1) is 22.0 Å². The van der Waals surface area contributed by atoms with Crippen molar-refractivity contribution in [2.75, 3.05) is 21.7 Å². The van der Waals surface area contributed by atoms with Crippen molar-refractivity contribution < 1.29 is 14.4 Å². The second kappa shape index (κ2) is 9.32. The van der Waals surface area contributed by atoms with E-state index in [1.54, 1.807) is 23.9 Å². The Morgan fingerprint density at radius 2 is 1.77 bits per heavy atom. The number of rotatable bonds is 7. The van der Waals surface area contributed by atoms with Gasteiger partial charge in [0.25, 0.3) is 0 Å². The lowest BCUT2D eigenvalue weighted by Crippen LogP contribution is -2.30. The fourth-order valence-corrected chi connectivity index (χ4v) is 5.86. The molecular weight excluding hydrogens is 440 g/mol. The van der Waals surface area contributed by atoms with Crippen LogP contribution in [0.15, 0.2) is 45.7 Å². The largest absolute Gasteiger partial charge is 0.300 e. The monoisotopic (exact) mass is 460 g/mol. The number of hydrogen-bond donors (Lipinski definition) is 1. The third kappa shape index (κ3) is 4.45. The molecule has 0 radical (unpaired) electrons. The minimum Gasteiger partial charge on any atom is -0.300 e. The summed E-state index contributed by atoms with van der Waals surface area (Å²) in [7, 11) is 0. The Balaban J connectivity index is 1.33. The van der Waals surface area contributed by atoms with Crippen LogP contribution in [0.4, 0.5) is 10.8 Å². The van der Waals surface area contributed by atoms with Crippen molar-refractivity contribution in [2.45, 2.75) is 29.0 Å². The number of nitrogens with one attached hydrogen (secondary N) is 1. The molecule has 1 aliphatic heterocycles. The summed E-state index contributed by atoms with van der Waals surface area (Å²) in [5, 5.41) is 11.2. The molecule has 1 aliphatic carbocycles. The highest BCUT2D eigenvalue weighted by atomic mass is 32.2. The van der Waals surface area contributed by atoms with Crippen LogP contribution in [0.2, 0.25) is 0 Å².